The minimum absolute atomic E-state index is 0.122. The van der Waals surface area contributed by atoms with Gasteiger partial charge in [-0.15, -0.1) is 0 Å². The van der Waals surface area contributed by atoms with Crippen molar-refractivity contribution in [1.29, 1.82) is 5.41 Å². The van der Waals surface area contributed by atoms with Gasteiger partial charge < -0.3 is 5.73 Å². The van der Waals surface area contributed by atoms with E-state index in [0.29, 0.717) is 18.7 Å². The summed E-state index contributed by atoms with van der Waals surface area (Å²) in [5.74, 6) is -0.491. The van der Waals surface area contributed by atoms with Crippen LogP contribution in [0.15, 0.2) is 42.6 Å². The van der Waals surface area contributed by atoms with Gasteiger partial charge in [0.05, 0.1) is 5.69 Å². The molecule has 0 unspecified atom stereocenters. The summed E-state index contributed by atoms with van der Waals surface area (Å²) in [6.45, 7) is 4.16. The van der Waals surface area contributed by atoms with Crippen LogP contribution in [0.3, 0.4) is 0 Å². The number of nitrogens with zero attached hydrogens (tertiary/aromatic N) is 2. The van der Waals surface area contributed by atoms with Crippen molar-refractivity contribution < 1.29 is 4.39 Å². The summed E-state index contributed by atoms with van der Waals surface area (Å²) in [6.07, 6.45) is 1.76. The molecule has 4 nitrogen and oxygen atoms in total. The van der Waals surface area contributed by atoms with E-state index in [2.05, 4.69) is 9.88 Å². The van der Waals surface area contributed by atoms with Crippen molar-refractivity contribution in [1.82, 2.24) is 9.88 Å². The van der Waals surface area contributed by atoms with E-state index in [1.54, 1.807) is 12.3 Å². The van der Waals surface area contributed by atoms with Crippen LogP contribution in [-0.2, 0) is 13.1 Å². The lowest BCUT2D eigenvalue weighted by molar-refractivity contribution is 0.268. The largest absolute Gasteiger partial charge is 0.384 e. The van der Waals surface area contributed by atoms with Crippen molar-refractivity contribution in [2.75, 3.05) is 6.54 Å². The average molecular weight is 286 g/mol. The summed E-state index contributed by atoms with van der Waals surface area (Å²) in [5.41, 5.74) is 7.63. The second kappa shape index (κ2) is 6.95. The molecule has 0 amide bonds. The summed E-state index contributed by atoms with van der Waals surface area (Å²) in [5, 5.41) is 7.42. The molecule has 0 aliphatic heterocycles. The molecule has 110 valence electrons. The minimum Gasteiger partial charge on any atom is -0.384 e. The van der Waals surface area contributed by atoms with Crippen LogP contribution in [0.5, 0.6) is 0 Å². The van der Waals surface area contributed by atoms with Crippen molar-refractivity contribution in [2.24, 2.45) is 5.73 Å². The fourth-order valence-electron chi connectivity index (χ4n) is 2.16. The quantitative estimate of drug-likeness (QED) is 0.633. The fourth-order valence-corrected chi connectivity index (χ4v) is 2.16. The third-order valence-electron chi connectivity index (χ3n) is 3.23. The molecule has 21 heavy (non-hydrogen) atoms. The van der Waals surface area contributed by atoms with E-state index in [4.69, 9.17) is 11.1 Å². The van der Waals surface area contributed by atoms with Crippen LogP contribution in [0.25, 0.3) is 0 Å². The Morgan fingerprint density at radius 3 is 2.71 bits per heavy atom. The first-order valence-electron chi connectivity index (χ1n) is 6.84. The number of pyridine rings is 1. The highest BCUT2D eigenvalue weighted by atomic mass is 19.1. The second-order valence-electron chi connectivity index (χ2n) is 4.89. The number of amidine groups is 1. The van der Waals surface area contributed by atoms with Crippen LogP contribution in [0.1, 0.15) is 23.7 Å². The van der Waals surface area contributed by atoms with Gasteiger partial charge in [0.15, 0.2) is 0 Å². The molecule has 0 bridgehead atoms. The van der Waals surface area contributed by atoms with Crippen LogP contribution in [0.2, 0.25) is 0 Å². The number of rotatable bonds is 6. The molecule has 0 aliphatic rings. The SMILES string of the molecule is CCN(Cc1cc(F)cc(C(=N)N)c1)Cc1ccccn1. The molecule has 2 aromatic rings. The Labute approximate surface area is 123 Å². The van der Waals surface area contributed by atoms with Crippen LogP contribution in [-0.4, -0.2) is 22.3 Å². The lowest BCUT2D eigenvalue weighted by Gasteiger charge is -2.20. The lowest BCUT2D eigenvalue weighted by Crippen LogP contribution is -2.23. The van der Waals surface area contributed by atoms with Crippen molar-refractivity contribution >= 4 is 5.84 Å². The van der Waals surface area contributed by atoms with E-state index >= 15 is 0 Å². The van der Waals surface area contributed by atoms with Crippen LogP contribution in [0, 0.1) is 11.2 Å². The van der Waals surface area contributed by atoms with Crippen LogP contribution >= 0.6 is 0 Å². The standard InChI is InChI=1S/C16H19FN4/c1-2-21(11-15-5-3-4-6-20-15)10-12-7-13(16(18)19)9-14(17)8-12/h3-9H,2,10-11H2,1H3,(H3,18,19). The number of hydrogen-bond donors (Lipinski definition) is 2. The summed E-state index contributed by atoms with van der Waals surface area (Å²) < 4.78 is 13.6. The summed E-state index contributed by atoms with van der Waals surface area (Å²) in [4.78, 5) is 6.46. The zero-order valence-electron chi connectivity index (χ0n) is 12.0. The molecule has 1 aromatic carbocycles. The van der Waals surface area contributed by atoms with Crippen molar-refractivity contribution in [3.63, 3.8) is 0 Å². The number of nitrogens with one attached hydrogen (secondary N) is 1. The Morgan fingerprint density at radius 2 is 2.10 bits per heavy atom. The molecular formula is C16H19FN4. The molecule has 0 saturated heterocycles. The van der Waals surface area contributed by atoms with Crippen molar-refractivity contribution in [2.45, 2.75) is 20.0 Å². The predicted molar refractivity (Wildman–Crippen MR) is 81.4 cm³/mol. The maximum absolute atomic E-state index is 13.6. The predicted octanol–water partition coefficient (Wildman–Crippen LogP) is 2.53. The zero-order chi connectivity index (χ0) is 15.2. The van der Waals surface area contributed by atoms with E-state index in [0.717, 1.165) is 17.8 Å². The average Bonchev–Trinajstić information content (AvgIpc) is 2.47. The zero-order valence-corrected chi connectivity index (χ0v) is 12.0. The number of halogens is 1. The Bertz CT molecular complexity index is 613. The fraction of sp³-hybridized carbons (Fsp3) is 0.250. The number of benzene rings is 1. The number of aromatic nitrogens is 1. The molecule has 3 N–H and O–H groups in total. The van der Waals surface area contributed by atoms with Crippen molar-refractivity contribution in [3.8, 4) is 0 Å². The first-order valence-corrected chi connectivity index (χ1v) is 6.84. The van der Waals surface area contributed by atoms with E-state index in [9.17, 15) is 4.39 Å². The molecule has 2 rings (SSSR count). The number of nitrogens with two attached hydrogens (primary N) is 1. The van der Waals surface area contributed by atoms with Gasteiger partial charge in [0.1, 0.15) is 11.7 Å². The van der Waals surface area contributed by atoms with E-state index in [1.807, 2.05) is 25.1 Å². The van der Waals surface area contributed by atoms with Gasteiger partial charge in [-0.1, -0.05) is 13.0 Å². The van der Waals surface area contributed by atoms with E-state index < -0.39 is 0 Å². The Kier molecular flexibility index (Phi) is 5.00. The molecule has 0 radical (unpaired) electrons. The molecule has 0 spiro atoms. The van der Waals surface area contributed by atoms with Gasteiger partial charge in [0.25, 0.3) is 0 Å². The highest BCUT2D eigenvalue weighted by molar-refractivity contribution is 5.95. The molecule has 0 atom stereocenters. The molecular weight excluding hydrogens is 267 g/mol. The maximum Gasteiger partial charge on any atom is 0.124 e. The first kappa shape index (κ1) is 15.1. The van der Waals surface area contributed by atoms with Gasteiger partial charge in [-0.25, -0.2) is 4.39 Å². The smallest absolute Gasteiger partial charge is 0.124 e. The first-order chi connectivity index (χ1) is 10.1. The number of nitrogen functional groups attached to an aromatic ring is 1. The van der Waals surface area contributed by atoms with Gasteiger partial charge >= 0.3 is 0 Å². The molecule has 1 aromatic heterocycles. The van der Waals surface area contributed by atoms with E-state index in [-0.39, 0.29) is 11.7 Å². The van der Waals surface area contributed by atoms with Crippen molar-refractivity contribution in [3.05, 3.63) is 65.2 Å². The van der Waals surface area contributed by atoms with Gasteiger partial charge in [-0.3, -0.25) is 15.3 Å². The monoisotopic (exact) mass is 286 g/mol. The summed E-state index contributed by atoms with van der Waals surface area (Å²) in [6, 6.07) is 10.3. The van der Waals surface area contributed by atoms with Gasteiger partial charge in [-0.05, 0) is 42.4 Å². The molecule has 0 aliphatic carbocycles. The molecule has 1 heterocycles. The Balaban J connectivity index is 2.13. The van der Waals surface area contributed by atoms with Gasteiger partial charge in [-0.2, -0.15) is 0 Å². The Morgan fingerprint density at radius 1 is 1.29 bits per heavy atom. The highest BCUT2D eigenvalue weighted by Gasteiger charge is 2.09. The van der Waals surface area contributed by atoms with Crippen LogP contribution in [0.4, 0.5) is 4.39 Å². The third kappa shape index (κ3) is 4.36. The Hall–Kier alpha value is -2.27. The minimum atomic E-state index is -0.369. The second-order valence-corrected chi connectivity index (χ2v) is 4.89. The molecule has 0 saturated carbocycles. The van der Waals surface area contributed by atoms with Gasteiger partial charge in [0, 0.05) is 24.8 Å². The highest BCUT2D eigenvalue weighted by Crippen LogP contribution is 2.13. The van der Waals surface area contributed by atoms with Crippen LogP contribution < -0.4 is 5.73 Å². The van der Waals surface area contributed by atoms with E-state index in [1.165, 1.54) is 12.1 Å². The molecule has 0 fully saturated rings. The normalized spacial score (nSPS) is 10.8. The third-order valence-corrected chi connectivity index (χ3v) is 3.23. The summed E-state index contributed by atoms with van der Waals surface area (Å²) >= 11 is 0. The van der Waals surface area contributed by atoms with Gasteiger partial charge in [0.2, 0.25) is 0 Å². The maximum atomic E-state index is 13.6. The summed E-state index contributed by atoms with van der Waals surface area (Å²) in [7, 11) is 0. The lowest BCUT2D eigenvalue weighted by atomic mass is 10.1. The molecule has 5 heteroatoms. The topological polar surface area (TPSA) is 66.0 Å². The number of hydrogen-bond acceptors (Lipinski definition) is 3.